The molecule has 6 nitrogen and oxygen atoms in total. The maximum atomic E-state index is 11.1. The lowest BCUT2D eigenvalue weighted by Crippen LogP contribution is -2.32. The van der Waals surface area contributed by atoms with E-state index in [1.165, 1.54) is 12.1 Å². The molecule has 0 bridgehead atoms. The molecule has 0 amide bonds. The Labute approximate surface area is 103 Å². The lowest BCUT2D eigenvalue weighted by Gasteiger charge is -2.16. The monoisotopic (exact) mass is 251 g/mol. The molecular formula is C12H13NO5. The van der Waals surface area contributed by atoms with E-state index in [1.807, 2.05) is 0 Å². The molecule has 96 valence electrons. The summed E-state index contributed by atoms with van der Waals surface area (Å²) in [7, 11) is 0. The zero-order valence-corrected chi connectivity index (χ0v) is 9.41. The minimum Gasteiger partial charge on any atom is -0.508 e. The van der Waals surface area contributed by atoms with E-state index in [9.17, 15) is 14.7 Å². The van der Waals surface area contributed by atoms with Gasteiger partial charge in [-0.3, -0.25) is 14.9 Å². The van der Waals surface area contributed by atoms with Gasteiger partial charge in [-0.05, 0) is 24.1 Å². The highest BCUT2D eigenvalue weighted by atomic mass is 16.4. The topological polar surface area (TPSA) is 107 Å². The van der Waals surface area contributed by atoms with Crippen LogP contribution in [0.4, 0.5) is 0 Å². The number of aliphatic carboxylic acids is 2. The van der Waals surface area contributed by atoms with Crippen LogP contribution in [0.2, 0.25) is 0 Å². The Morgan fingerprint density at radius 3 is 2.22 bits per heavy atom. The van der Waals surface area contributed by atoms with Crippen LogP contribution in [0.25, 0.3) is 0 Å². The molecule has 0 spiro atoms. The maximum absolute atomic E-state index is 11.1. The van der Waals surface area contributed by atoms with Crippen LogP contribution in [-0.2, 0) is 9.59 Å². The van der Waals surface area contributed by atoms with Gasteiger partial charge in [0.05, 0.1) is 5.92 Å². The molecule has 1 heterocycles. The van der Waals surface area contributed by atoms with Crippen LogP contribution in [0.5, 0.6) is 5.75 Å². The van der Waals surface area contributed by atoms with Crippen LogP contribution < -0.4 is 5.32 Å². The fourth-order valence-electron chi connectivity index (χ4n) is 2.22. The van der Waals surface area contributed by atoms with Crippen LogP contribution in [-0.4, -0.2) is 33.3 Å². The molecule has 18 heavy (non-hydrogen) atoms. The predicted octanol–water partition coefficient (Wildman–Crippen LogP) is 0.581. The van der Waals surface area contributed by atoms with Crippen molar-refractivity contribution in [3.05, 3.63) is 29.8 Å². The van der Waals surface area contributed by atoms with Crippen LogP contribution >= 0.6 is 0 Å². The van der Waals surface area contributed by atoms with Gasteiger partial charge in [0, 0.05) is 6.04 Å². The molecule has 4 N–H and O–H groups in total. The van der Waals surface area contributed by atoms with Gasteiger partial charge >= 0.3 is 11.9 Å². The number of phenols is 1. The molecule has 1 fully saturated rings. The van der Waals surface area contributed by atoms with E-state index in [0.717, 1.165) is 0 Å². The summed E-state index contributed by atoms with van der Waals surface area (Å²) < 4.78 is 0. The van der Waals surface area contributed by atoms with Crippen molar-refractivity contribution in [1.82, 2.24) is 5.32 Å². The quantitative estimate of drug-likeness (QED) is 0.626. The van der Waals surface area contributed by atoms with Crippen molar-refractivity contribution in [2.45, 2.75) is 18.5 Å². The molecule has 0 saturated carbocycles. The van der Waals surface area contributed by atoms with Gasteiger partial charge in [-0.1, -0.05) is 12.1 Å². The number of aromatic hydroxyl groups is 1. The van der Waals surface area contributed by atoms with E-state index in [0.29, 0.717) is 5.56 Å². The summed E-state index contributed by atoms with van der Waals surface area (Å²) in [5.74, 6) is -2.78. The molecule has 1 saturated heterocycles. The smallest absolute Gasteiger partial charge is 0.320 e. The van der Waals surface area contributed by atoms with E-state index in [-0.39, 0.29) is 12.2 Å². The Morgan fingerprint density at radius 1 is 1.11 bits per heavy atom. The minimum atomic E-state index is -1.05. The van der Waals surface area contributed by atoms with Gasteiger partial charge < -0.3 is 15.3 Å². The fourth-order valence-corrected chi connectivity index (χ4v) is 2.22. The summed E-state index contributed by atoms with van der Waals surface area (Å²) in [5.41, 5.74) is 0.656. The molecule has 1 aromatic rings. The van der Waals surface area contributed by atoms with Gasteiger partial charge in [0.2, 0.25) is 0 Å². The van der Waals surface area contributed by atoms with Crippen molar-refractivity contribution in [3.8, 4) is 5.75 Å². The largest absolute Gasteiger partial charge is 0.508 e. The first-order valence-corrected chi connectivity index (χ1v) is 5.49. The third kappa shape index (κ3) is 2.28. The van der Waals surface area contributed by atoms with Crippen molar-refractivity contribution >= 4 is 11.9 Å². The molecule has 0 aromatic heterocycles. The van der Waals surface area contributed by atoms with Gasteiger partial charge in [-0.15, -0.1) is 0 Å². The zero-order chi connectivity index (χ0) is 13.3. The van der Waals surface area contributed by atoms with E-state index < -0.39 is 29.9 Å². The maximum Gasteiger partial charge on any atom is 0.320 e. The van der Waals surface area contributed by atoms with Gasteiger partial charge in [-0.25, -0.2) is 0 Å². The summed E-state index contributed by atoms with van der Waals surface area (Å²) in [6.45, 7) is 0. The van der Waals surface area contributed by atoms with Crippen LogP contribution in [0.1, 0.15) is 18.0 Å². The second-order valence-corrected chi connectivity index (χ2v) is 4.31. The molecular weight excluding hydrogens is 238 g/mol. The number of rotatable bonds is 3. The third-order valence-corrected chi connectivity index (χ3v) is 3.14. The molecule has 0 aliphatic carbocycles. The number of phenolic OH excluding ortho intramolecular Hbond substituents is 1. The lowest BCUT2D eigenvalue weighted by atomic mass is 9.93. The number of benzene rings is 1. The van der Waals surface area contributed by atoms with E-state index in [4.69, 9.17) is 10.2 Å². The highest BCUT2D eigenvalue weighted by Gasteiger charge is 2.42. The molecule has 1 aliphatic heterocycles. The normalized spacial score (nSPS) is 27.0. The number of nitrogens with one attached hydrogen (secondary N) is 1. The van der Waals surface area contributed by atoms with Gasteiger partial charge in [0.1, 0.15) is 11.8 Å². The zero-order valence-electron chi connectivity index (χ0n) is 9.41. The van der Waals surface area contributed by atoms with Gasteiger partial charge in [0.25, 0.3) is 0 Å². The fraction of sp³-hybridized carbons (Fsp3) is 0.333. The lowest BCUT2D eigenvalue weighted by molar-refractivity contribution is -0.142. The van der Waals surface area contributed by atoms with Crippen molar-refractivity contribution in [2.75, 3.05) is 0 Å². The Kier molecular flexibility index (Phi) is 3.20. The highest BCUT2D eigenvalue weighted by molar-refractivity contribution is 5.78. The van der Waals surface area contributed by atoms with E-state index in [2.05, 4.69) is 5.32 Å². The summed E-state index contributed by atoms with van der Waals surface area (Å²) in [6.07, 6.45) is 0.0518. The Balaban J connectivity index is 2.27. The SMILES string of the molecule is O=C(O)C1C[C@@H](C(=O)O)NC1c1ccc(O)cc1. The van der Waals surface area contributed by atoms with E-state index in [1.54, 1.807) is 12.1 Å². The first-order chi connectivity index (χ1) is 8.49. The Morgan fingerprint density at radius 2 is 1.72 bits per heavy atom. The van der Waals surface area contributed by atoms with Gasteiger partial charge in [-0.2, -0.15) is 0 Å². The first kappa shape index (κ1) is 12.4. The van der Waals surface area contributed by atoms with Crippen molar-refractivity contribution in [3.63, 3.8) is 0 Å². The number of carbonyl (C=O) groups is 2. The second-order valence-electron chi connectivity index (χ2n) is 4.31. The van der Waals surface area contributed by atoms with Crippen LogP contribution in [0.15, 0.2) is 24.3 Å². The molecule has 2 rings (SSSR count). The number of hydrogen-bond acceptors (Lipinski definition) is 4. The van der Waals surface area contributed by atoms with Crippen molar-refractivity contribution < 1.29 is 24.9 Å². The second kappa shape index (κ2) is 4.66. The van der Waals surface area contributed by atoms with Crippen LogP contribution in [0.3, 0.4) is 0 Å². The molecule has 1 aromatic carbocycles. The summed E-state index contributed by atoms with van der Waals surface area (Å²) >= 11 is 0. The van der Waals surface area contributed by atoms with E-state index >= 15 is 0 Å². The highest BCUT2D eigenvalue weighted by Crippen LogP contribution is 2.33. The Hall–Kier alpha value is -2.08. The molecule has 2 unspecified atom stereocenters. The van der Waals surface area contributed by atoms with Gasteiger partial charge in [0.15, 0.2) is 0 Å². The third-order valence-electron chi connectivity index (χ3n) is 3.14. The average molecular weight is 251 g/mol. The summed E-state index contributed by atoms with van der Waals surface area (Å²) in [5, 5.41) is 30.0. The predicted molar refractivity (Wildman–Crippen MR) is 61.2 cm³/mol. The molecule has 3 atom stereocenters. The first-order valence-electron chi connectivity index (χ1n) is 5.49. The molecule has 0 radical (unpaired) electrons. The minimum absolute atomic E-state index is 0.0518. The Bertz CT molecular complexity index is 470. The summed E-state index contributed by atoms with van der Waals surface area (Å²) in [6, 6.07) is 4.67. The molecule has 1 aliphatic rings. The summed E-state index contributed by atoms with van der Waals surface area (Å²) in [4.78, 5) is 22.0. The van der Waals surface area contributed by atoms with Crippen LogP contribution in [0, 0.1) is 5.92 Å². The number of hydrogen-bond donors (Lipinski definition) is 4. The number of carboxylic acid groups (broad SMARTS) is 2. The standard InChI is InChI=1S/C12H13NO5/c14-7-3-1-6(2-4-7)10-8(11(15)16)5-9(13-10)12(17)18/h1-4,8-10,13-14H,5H2,(H,15,16)(H,17,18)/t8?,9-,10?/m0/s1. The van der Waals surface area contributed by atoms with Crippen molar-refractivity contribution in [1.29, 1.82) is 0 Å². The molecule has 6 heteroatoms. The van der Waals surface area contributed by atoms with Crippen molar-refractivity contribution in [2.24, 2.45) is 5.92 Å². The number of carboxylic acids is 2. The average Bonchev–Trinajstić information content (AvgIpc) is 2.75.